The molecule has 26 heavy (non-hydrogen) atoms. The number of nitrogens with two attached hydrogens (primary N) is 1. The lowest BCUT2D eigenvalue weighted by Gasteiger charge is -2.43. The Labute approximate surface area is 173 Å². The van der Waals surface area contributed by atoms with Gasteiger partial charge in [0.1, 0.15) is 0 Å². The second kappa shape index (κ2) is 9.74. The molecule has 2 atom stereocenters. The van der Waals surface area contributed by atoms with Crippen LogP contribution < -0.4 is 11.1 Å². The van der Waals surface area contributed by atoms with Crippen LogP contribution in [0.5, 0.6) is 0 Å². The van der Waals surface area contributed by atoms with Gasteiger partial charge in [0.15, 0.2) is 0 Å². The Morgan fingerprint density at radius 2 is 2.00 bits per heavy atom. The number of fused-ring (bicyclic) bond motifs is 3. The molecular formula is C19H31Cl2N3OS. The van der Waals surface area contributed by atoms with Gasteiger partial charge in [0.05, 0.1) is 0 Å². The lowest BCUT2D eigenvalue weighted by molar-refractivity contribution is -0.127. The van der Waals surface area contributed by atoms with Gasteiger partial charge in [0.25, 0.3) is 0 Å². The minimum atomic E-state index is 0. The summed E-state index contributed by atoms with van der Waals surface area (Å²) in [7, 11) is 0. The average molecular weight is 420 g/mol. The predicted octanol–water partition coefficient (Wildman–Crippen LogP) is 3.22. The summed E-state index contributed by atoms with van der Waals surface area (Å²) in [6.07, 6.45) is 6.91. The van der Waals surface area contributed by atoms with Gasteiger partial charge in [-0.25, -0.2) is 0 Å². The van der Waals surface area contributed by atoms with E-state index < -0.39 is 0 Å². The molecule has 0 spiro atoms. The van der Waals surface area contributed by atoms with Crippen molar-refractivity contribution in [2.75, 3.05) is 19.6 Å². The highest BCUT2D eigenvalue weighted by Gasteiger charge is 2.40. The second-order valence-electron chi connectivity index (χ2n) is 7.88. The largest absolute Gasteiger partial charge is 0.355 e. The lowest BCUT2D eigenvalue weighted by atomic mass is 9.65. The SMILES string of the molecule is Cl.Cl.NC1C2CCCC1CC(C(=O)NCCN1CCc3sccc3C1)C2. The first-order chi connectivity index (χ1) is 11.7. The van der Waals surface area contributed by atoms with Gasteiger partial charge in [-0.05, 0) is 60.9 Å². The number of nitrogens with zero attached hydrogens (tertiary/aromatic N) is 1. The van der Waals surface area contributed by atoms with Crippen molar-refractivity contribution in [3.63, 3.8) is 0 Å². The Morgan fingerprint density at radius 3 is 2.73 bits per heavy atom. The van der Waals surface area contributed by atoms with Crippen molar-refractivity contribution in [2.24, 2.45) is 23.5 Å². The molecule has 3 aliphatic rings. The Kier molecular flexibility index (Phi) is 8.23. The van der Waals surface area contributed by atoms with Crippen LogP contribution in [0.4, 0.5) is 0 Å². The van der Waals surface area contributed by atoms with Crippen LogP contribution in [0, 0.1) is 17.8 Å². The van der Waals surface area contributed by atoms with Gasteiger partial charge in [0.2, 0.25) is 5.91 Å². The van der Waals surface area contributed by atoms with E-state index in [1.54, 1.807) is 4.88 Å². The zero-order valence-electron chi connectivity index (χ0n) is 15.2. The van der Waals surface area contributed by atoms with E-state index in [-0.39, 0.29) is 36.6 Å². The number of carbonyl (C=O) groups excluding carboxylic acids is 1. The van der Waals surface area contributed by atoms with Crippen molar-refractivity contribution in [3.8, 4) is 0 Å². The van der Waals surface area contributed by atoms with Crippen LogP contribution in [0.3, 0.4) is 0 Å². The van der Waals surface area contributed by atoms with E-state index in [1.165, 1.54) is 24.8 Å². The number of thiophene rings is 1. The summed E-state index contributed by atoms with van der Waals surface area (Å²) in [4.78, 5) is 16.6. The molecule has 1 amide bonds. The molecule has 0 aromatic carbocycles. The molecule has 1 aliphatic heterocycles. The van der Waals surface area contributed by atoms with Crippen LogP contribution in [0.2, 0.25) is 0 Å². The minimum absolute atomic E-state index is 0. The third-order valence-corrected chi connectivity index (χ3v) is 7.42. The summed E-state index contributed by atoms with van der Waals surface area (Å²) < 4.78 is 0. The molecule has 4 rings (SSSR count). The fraction of sp³-hybridized carbons (Fsp3) is 0.737. The van der Waals surface area contributed by atoms with Gasteiger partial charge < -0.3 is 11.1 Å². The molecule has 1 aromatic heterocycles. The number of nitrogens with one attached hydrogen (secondary N) is 1. The zero-order chi connectivity index (χ0) is 16.5. The summed E-state index contributed by atoms with van der Waals surface area (Å²) in [6.45, 7) is 3.89. The maximum atomic E-state index is 12.6. The molecule has 2 aliphatic carbocycles. The number of rotatable bonds is 4. The van der Waals surface area contributed by atoms with Crippen LogP contribution in [0.1, 0.15) is 42.5 Å². The molecule has 7 heteroatoms. The third-order valence-electron chi connectivity index (χ3n) is 6.40. The summed E-state index contributed by atoms with van der Waals surface area (Å²) in [5.74, 6) is 1.62. The van der Waals surface area contributed by atoms with Crippen LogP contribution in [-0.4, -0.2) is 36.5 Å². The topological polar surface area (TPSA) is 58.4 Å². The van der Waals surface area contributed by atoms with Crippen molar-refractivity contribution in [1.29, 1.82) is 0 Å². The van der Waals surface area contributed by atoms with E-state index in [0.29, 0.717) is 17.9 Å². The molecule has 1 aromatic rings. The fourth-order valence-electron chi connectivity index (χ4n) is 4.98. The average Bonchev–Trinajstić information content (AvgIpc) is 3.02. The highest BCUT2D eigenvalue weighted by Crippen LogP contribution is 2.41. The van der Waals surface area contributed by atoms with E-state index in [1.807, 2.05) is 11.3 Å². The van der Waals surface area contributed by atoms with E-state index in [9.17, 15) is 4.79 Å². The molecule has 3 N–H and O–H groups in total. The third kappa shape index (κ3) is 4.74. The first-order valence-corrected chi connectivity index (χ1v) is 10.4. The van der Waals surface area contributed by atoms with Crippen LogP contribution in [0.15, 0.2) is 11.4 Å². The summed E-state index contributed by atoms with van der Waals surface area (Å²) in [5.41, 5.74) is 7.82. The van der Waals surface area contributed by atoms with E-state index in [0.717, 1.165) is 45.4 Å². The quantitative estimate of drug-likeness (QED) is 0.787. The monoisotopic (exact) mass is 419 g/mol. The van der Waals surface area contributed by atoms with E-state index >= 15 is 0 Å². The standard InChI is InChI=1S/C19H29N3OS.2ClH/c20-18-13-2-1-3-14(18)11-16(10-13)19(23)21-6-8-22-7-4-17-15(12-22)5-9-24-17;;/h5,9,13-14,16,18H,1-4,6-8,10-12,20H2,(H,21,23);2*1H. The van der Waals surface area contributed by atoms with Crippen LogP contribution in [0.25, 0.3) is 0 Å². The van der Waals surface area contributed by atoms with Gasteiger partial charge in [-0.1, -0.05) is 6.42 Å². The molecule has 2 saturated carbocycles. The number of hydrogen-bond donors (Lipinski definition) is 2. The Bertz CT molecular complexity index is 583. The molecule has 0 saturated heterocycles. The lowest BCUT2D eigenvalue weighted by Crippen LogP contribution is -2.49. The molecule has 2 heterocycles. The number of halogens is 2. The smallest absolute Gasteiger partial charge is 0.223 e. The van der Waals surface area contributed by atoms with Gasteiger partial charge in [-0.3, -0.25) is 9.69 Å². The van der Waals surface area contributed by atoms with Gasteiger partial charge in [-0.2, -0.15) is 0 Å². The van der Waals surface area contributed by atoms with E-state index in [2.05, 4.69) is 21.7 Å². The number of amides is 1. The van der Waals surface area contributed by atoms with Crippen LogP contribution in [-0.2, 0) is 17.8 Å². The first kappa shape index (κ1) is 22.0. The number of carbonyl (C=O) groups is 1. The van der Waals surface area contributed by atoms with Crippen molar-refractivity contribution >= 4 is 42.1 Å². The molecule has 2 fully saturated rings. The van der Waals surface area contributed by atoms with Crippen molar-refractivity contribution in [2.45, 2.75) is 51.1 Å². The van der Waals surface area contributed by atoms with Crippen molar-refractivity contribution < 1.29 is 4.79 Å². The van der Waals surface area contributed by atoms with Gasteiger partial charge in [0, 0.05) is 43.0 Å². The van der Waals surface area contributed by atoms with Gasteiger partial charge >= 0.3 is 0 Å². The predicted molar refractivity (Wildman–Crippen MR) is 112 cm³/mol. The maximum absolute atomic E-state index is 12.6. The maximum Gasteiger partial charge on any atom is 0.223 e. The fourth-order valence-corrected chi connectivity index (χ4v) is 5.87. The van der Waals surface area contributed by atoms with E-state index in [4.69, 9.17) is 5.73 Å². The Morgan fingerprint density at radius 1 is 1.27 bits per heavy atom. The first-order valence-electron chi connectivity index (χ1n) is 9.51. The summed E-state index contributed by atoms with van der Waals surface area (Å²) in [5, 5.41) is 5.40. The molecule has 0 radical (unpaired) electrons. The highest BCUT2D eigenvalue weighted by molar-refractivity contribution is 7.10. The molecule has 2 unspecified atom stereocenters. The Hall–Kier alpha value is -0.330. The molecule has 148 valence electrons. The second-order valence-corrected chi connectivity index (χ2v) is 8.88. The molecular weight excluding hydrogens is 389 g/mol. The highest BCUT2D eigenvalue weighted by atomic mass is 35.5. The van der Waals surface area contributed by atoms with Crippen molar-refractivity contribution in [1.82, 2.24) is 10.2 Å². The Balaban J connectivity index is 0.00000121. The number of hydrogen-bond acceptors (Lipinski definition) is 4. The molecule has 4 nitrogen and oxygen atoms in total. The van der Waals surface area contributed by atoms with Crippen LogP contribution >= 0.6 is 36.2 Å². The summed E-state index contributed by atoms with van der Waals surface area (Å²) in [6, 6.07) is 2.59. The van der Waals surface area contributed by atoms with Gasteiger partial charge in [-0.15, -0.1) is 36.2 Å². The normalized spacial score (nSPS) is 30.5. The van der Waals surface area contributed by atoms with Crippen molar-refractivity contribution in [3.05, 3.63) is 21.9 Å². The minimum Gasteiger partial charge on any atom is -0.355 e. The zero-order valence-corrected chi connectivity index (χ0v) is 17.6. The summed E-state index contributed by atoms with van der Waals surface area (Å²) >= 11 is 1.88. The molecule has 2 bridgehead atoms.